The van der Waals surface area contributed by atoms with Crippen LogP contribution in [0.25, 0.3) is 0 Å². The van der Waals surface area contributed by atoms with Crippen molar-refractivity contribution in [1.29, 1.82) is 0 Å². The Labute approximate surface area is 119 Å². The largest absolute Gasteiger partial charge is 0.387 e. The van der Waals surface area contributed by atoms with Crippen molar-refractivity contribution in [2.75, 3.05) is 26.7 Å². The molecule has 0 heterocycles. The monoisotopic (exact) mass is 286 g/mol. The molecule has 0 bridgehead atoms. The Bertz CT molecular complexity index is 415. The van der Waals surface area contributed by atoms with Gasteiger partial charge in [-0.15, -0.1) is 0 Å². The van der Waals surface area contributed by atoms with Crippen LogP contribution in [0.15, 0.2) is 18.2 Å². The van der Waals surface area contributed by atoms with E-state index in [1.165, 1.54) is 6.07 Å². The Kier molecular flexibility index (Phi) is 7.05. The zero-order valence-electron chi connectivity index (χ0n) is 12.4. The number of hydrogen-bond acceptors (Lipinski definition) is 3. The van der Waals surface area contributed by atoms with E-state index in [0.717, 1.165) is 25.1 Å². The second-order valence-corrected chi connectivity index (χ2v) is 5.12. The van der Waals surface area contributed by atoms with Crippen LogP contribution in [-0.4, -0.2) is 42.7 Å². The molecule has 114 valence electrons. The molecule has 1 aromatic carbocycles. The summed E-state index contributed by atoms with van der Waals surface area (Å²) in [7, 11) is 2.05. The van der Waals surface area contributed by atoms with Gasteiger partial charge in [0.1, 0.15) is 11.6 Å². The van der Waals surface area contributed by atoms with E-state index in [4.69, 9.17) is 0 Å². The van der Waals surface area contributed by atoms with Gasteiger partial charge >= 0.3 is 0 Å². The molecule has 0 radical (unpaired) electrons. The fourth-order valence-corrected chi connectivity index (χ4v) is 1.91. The molecule has 5 heteroatoms. The van der Waals surface area contributed by atoms with Crippen LogP contribution < -0.4 is 5.32 Å². The highest BCUT2D eigenvalue weighted by molar-refractivity contribution is 5.21. The molecule has 0 aliphatic carbocycles. The third-order valence-corrected chi connectivity index (χ3v) is 3.64. The van der Waals surface area contributed by atoms with Gasteiger partial charge in [0.05, 0.1) is 6.10 Å². The minimum Gasteiger partial charge on any atom is -0.387 e. The maximum Gasteiger partial charge on any atom is 0.131 e. The number of aliphatic hydroxyl groups is 1. The quantitative estimate of drug-likeness (QED) is 0.720. The number of aliphatic hydroxyl groups excluding tert-OH is 1. The molecule has 2 N–H and O–H groups in total. The first-order chi connectivity index (χ1) is 9.45. The average molecular weight is 286 g/mol. The molecule has 0 saturated heterocycles. The lowest BCUT2D eigenvalue weighted by atomic mass is 10.1. The van der Waals surface area contributed by atoms with Gasteiger partial charge in [0.25, 0.3) is 0 Å². The number of hydrogen-bond donors (Lipinski definition) is 2. The van der Waals surface area contributed by atoms with Crippen molar-refractivity contribution >= 4 is 0 Å². The zero-order chi connectivity index (χ0) is 15.1. The molecule has 2 atom stereocenters. The molecule has 0 spiro atoms. The lowest BCUT2D eigenvalue weighted by Crippen LogP contribution is -2.36. The van der Waals surface area contributed by atoms with Crippen molar-refractivity contribution in [3.05, 3.63) is 35.4 Å². The van der Waals surface area contributed by atoms with Gasteiger partial charge < -0.3 is 15.3 Å². The van der Waals surface area contributed by atoms with Crippen molar-refractivity contribution in [3.63, 3.8) is 0 Å². The van der Waals surface area contributed by atoms with Crippen LogP contribution in [-0.2, 0) is 0 Å². The molecule has 0 aliphatic heterocycles. The third-order valence-electron chi connectivity index (χ3n) is 3.64. The molecular formula is C15H24F2N2O. The van der Waals surface area contributed by atoms with Gasteiger partial charge in [0, 0.05) is 37.3 Å². The molecular weight excluding hydrogens is 262 g/mol. The molecule has 0 aromatic heterocycles. The Morgan fingerprint density at radius 1 is 1.35 bits per heavy atom. The standard InChI is InChI=1S/C15H24F2N2O/c1-4-11(2)19(3)8-7-18-10-15(20)13-6-5-12(16)9-14(13)17/h5-6,9,11,15,18,20H,4,7-8,10H2,1-3H3. The molecule has 0 aliphatic rings. The van der Waals surface area contributed by atoms with E-state index in [2.05, 4.69) is 24.1 Å². The molecule has 1 rings (SSSR count). The van der Waals surface area contributed by atoms with E-state index in [0.29, 0.717) is 12.6 Å². The first-order valence-electron chi connectivity index (χ1n) is 6.99. The van der Waals surface area contributed by atoms with E-state index in [1.807, 2.05) is 7.05 Å². The Morgan fingerprint density at radius 3 is 2.65 bits per heavy atom. The number of likely N-dealkylation sites (N-methyl/N-ethyl adjacent to an activating group) is 1. The van der Waals surface area contributed by atoms with E-state index < -0.39 is 17.7 Å². The minimum atomic E-state index is -0.968. The lowest BCUT2D eigenvalue weighted by molar-refractivity contribution is 0.166. The fraction of sp³-hybridized carbons (Fsp3) is 0.600. The summed E-state index contributed by atoms with van der Waals surface area (Å²) in [5.74, 6) is -1.35. The van der Waals surface area contributed by atoms with Gasteiger partial charge in [0.2, 0.25) is 0 Å². The van der Waals surface area contributed by atoms with Crippen LogP contribution in [0.3, 0.4) is 0 Å². The number of benzene rings is 1. The first kappa shape index (κ1) is 17.0. The summed E-state index contributed by atoms with van der Waals surface area (Å²) in [5.41, 5.74) is 0.120. The van der Waals surface area contributed by atoms with Crippen molar-refractivity contribution < 1.29 is 13.9 Å². The van der Waals surface area contributed by atoms with Crippen molar-refractivity contribution in [2.45, 2.75) is 32.4 Å². The highest BCUT2D eigenvalue weighted by atomic mass is 19.1. The number of nitrogens with zero attached hydrogens (tertiary/aromatic N) is 1. The van der Waals surface area contributed by atoms with Crippen LogP contribution in [0.5, 0.6) is 0 Å². The van der Waals surface area contributed by atoms with Crippen molar-refractivity contribution in [3.8, 4) is 0 Å². The molecule has 0 saturated carbocycles. The summed E-state index contributed by atoms with van der Waals surface area (Å²) in [6.07, 6.45) is 0.115. The Hall–Kier alpha value is -1.04. The maximum absolute atomic E-state index is 13.5. The van der Waals surface area contributed by atoms with E-state index in [1.54, 1.807) is 0 Å². The lowest BCUT2D eigenvalue weighted by Gasteiger charge is -2.23. The normalized spacial score (nSPS) is 14.6. The Balaban J connectivity index is 2.35. The van der Waals surface area contributed by atoms with Crippen molar-refractivity contribution in [2.24, 2.45) is 0 Å². The van der Waals surface area contributed by atoms with E-state index >= 15 is 0 Å². The van der Waals surface area contributed by atoms with Crippen LogP contribution >= 0.6 is 0 Å². The predicted octanol–water partition coefficient (Wildman–Crippen LogP) is 2.32. The number of rotatable bonds is 8. The molecule has 20 heavy (non-hydrogen) atoms. The molecule has 1 aromatic rings. The highest BCUT2D eigenvalue weighted by Gasteiger charge is 2.13. The summed E-state index contributed by atoms with van der Waals surface area (Å²) in [5, 5.41) is 13.0. The molecule has 0 amide bonds. The third kappa shape index (κ3) is 5.15. The number of halogens is 2. The van der Waals surface area contributed by atoms with E-state index in [-0.39, 0.29) is 12.1 Å². The van der Waals surface area contributed by atoms with Crippen LogP contribution in [0.4, 0.5) is 8.78 Å². The maximum atomic E-state index is 13.5. The SMILES string of the molecule is CCC(C)N(C)CCNCC(O)c1ccc(F)cc1F. The van der Waals surface area contributed by atoms with Gasteiger partial charge in [-0.3, -0.25) is 0 Å². The predicted molar refractivity (Wildman–Crippen MR) is 76.6 cm³/mol. The topological polar surface area (TPSA) is 35.5 Å². The minimum absolute atomic E-state index is 0.120. The average Bonchev–Trinajstić information content (AvgIpc) is 2.42. The van der Waals surface area contributed by atoms with Gasteiger partial charge in [-0.1, -0.05) is 13.0 Å². The summed E-state index contributed by atoms with van der Waals surface area (Å²) in [6, 6.07) is 3.73. The smallest absolute Gasteiger partial charge is 0.131 e. The summed E-state index contributed by atoms with van der Waals surface area (Å²) < 4.78 is 26.2. The highest BCUT2D eigenvalue weighted by Crippen LogP contribution is 2.17. The van der Waals surface area contributed by atoms with Crippen LogP contribution in [0.2, 0.25) is 0 Å². The van der Waals surface area contributed by atoms with Gasteiger partial charge in [-0.2, -0.15) is 0 Å². The van der Waals surface area contributed by atoms with Crippen LogP contribution in [0, 0.1) is 11.6 Å². The molecule has 0 fully saturated rings. The molecule has 3 nitrogen and oxygen atoms in total. The summed E-state index contributed by atoms with van der Waals surface area (Å²) >= 11 is 0. The van der Waals surface area contributed by atoms with Crippen molar-refractivity contribution in [1.82, 2.24) is 10.2 Å². The second-order valence-electron chi connectivity index (χ2n) is 5.12. The van der Waals surface area contributed by atoms with Gasteiger partial charge in [-0.25, -0.2) is 8.78 Å². The van der Waals surface area contributed by atoms with Gasteiger partial charge in [-0.05, 0) is 26.5 Å². The fourth-order valence-electron chi connectivity index (χ4n) is 1.91. The first-order valence-corrected chi connectivity index (χ1v) is 6.99. The summed E-state index contributed by atoms with van der Waals surface area (Å²) in [4.78, 5) is 2.22. The van der Waals surface area contributed by atoms with Crippen LogP contribution in [0.1, 0.15) is 31.9 Å². The second kappa shape index (κ2) is 8.29. The summed E-state index contributed by atoms with van der Waals surface area (Å²) in [6.45, 7) is 6.10. The van der Waals surface area contributed by atoms with E-state index in [9.17, 15) is 13.9 Å². The Morgan fingerprint density at radius 2 is 2.05 bits per heavy atom. The number of nitrogens with one attached hydrogen (secondary N) is 1. The zero-order valence-corrected chi connectivity index (χ0v) is 12.4. The van der Waals surface area contributed by atoms with Gasteiger partial charge in [0.15, 0.2) is 0 Å². The molecule has 2 unspecified atom stereocenters.